The van der Waals surface area contributed by atoms with Crippen LogP contribution < -0.4 is 0 Å². The molecule has 12 atom stereocenters. The van der Waals surface area contributed by atoms with Crippen LogP contribution in [0.3, 0.4) is 0 Å². The standard InChI is InChI=1S/C40H62O8/c1-11-24(4)34(46)48-21-37(8)27-14-17-38(9)28(36(27,7)16-15-29(37)41)13-12-25-26-19-35(5,6)32(44)33(45)40(26,30(42)20-39(25,38)10)22-47-31(43)18-23(2)3/h11-12,18,26-30,32-33,41-42,44-45H,13-17,19-22H2,1-10H3/t26?,27?,28?,29-,30+,32-,33-,36-,37+,38+,39+,40-/m0/s1. The number of ether oxygens (including phenoxy) is 2. The summed E-state index contributed by atoms with van der Waals surface area (Å²) in [5.74, 6) is -0.766. The molecule has 0 aromatic carbocycles. The highest BCUT2D eigenvalue weighted by Gasteiger charge is 2.72. The van der Waals surface area contributed by atoms with Crippen LogP contribution in [0, 0.1) is 50.2 Å². The number of aliphatic hydroxyl groups excluding tert-OH is 4. The lowest BCUT2D eigenvalue weighted by Crippen LogP contribution is -2.72. The van der Waals surface area contributed by atoms with Crippen LogP contribution in [-0.4, -0.2) is 70.0 Å². The van der Waals surface area contributed by atoms with Crippen LogP contribution in [0.15, 0.2) is 34.9 Å². The molecule has 3 unspecified atom stereocenters. The Morgan fingerprint density at radius 3 is 2.15 bits per heavy atom. The van der Waals surface area contributed by atoms with E-state index in [-0.39, 0.29) is 47.8 Å². The van der Waals surface area contributed by atoms with Crippen molar-refractivity contribution in [3.8, 4) is 0 Å². The van der Waals surface area contributed by atoms with E-state index in [1.54, 1.807) is 13.0 Å². The maximum Gasteiger partial charge on any atom is 0.333 e. The number of rotatable bonds is 6. The highest BCUT2D eigenvalue weighted by molar-refractivity contribution is 5.87. The minimum atomic E-state index is -1.28. The van der Waals surface area contributed by atoms with Gasteiger partial charge < -0.3 is 29.9 Å². The lowest BCUT2D eigenvalue weighted by atomic mass is 9.33. The molecule has 0 aromatic rings. The first-order chi connectivity index (χ1) is 22.2. The molecule has 48 heavy (non-hydrogen) atoms. The van der Waals surface area contributed by atoms with Gasteiger partial charge in [0.05, 0.1) is 36.4 Å². The zero-order valence-electron chi connectivity index (χ0n) is 31.1. The van der Waals surface area contributed by atoms with Crippen LogP contribution in [-0.2, 0) is 19.1 Å². The van der Waals surface area contributed by atoms with Gasteiger partial charge in [0.2, 0.25) is 0 Å². The topological polar surface area (TPSA) is 134 Å². The normalized spacial score (nSPS) is 46.5. The van der Waals surface area contributed by atoms with Gasteiger partial charge in [0.25, 0.3) is 0 Å². The van der Waals surface area contributed by atoms with E-state index in [0.717, 1.165) is 31.3 Å². The number of fused-ring (bicyclic) bond motifs is 7. The van der Waals surface area contributed by atoms with Gasteiger partial charge in [-0.25, -0.2) is 9.59 Å². The molecule has 0 amide bonds. The third kappa shape index (κ3) is 5.29. The summed E-state index contributed by atoms with van der Waals surface area (Å²) in [5, 5.41) is 47.1. The molecule has 4 N–H and O–H groups in total. The van der Waals surface area contributed by atoms with Crippen molar-refractivity contribution in [2.24, 2.45) is 50.2 Å². The van der Waals surface area contributed by atoms with Crippen LogP contribution in [0.1, 0.15) is 114 Å². The van der Waals surface area contributed by atoms with E-state index in [9.17, 15) is 30.0 Å². The SMILES string of the molecule is CC=C(C)C(=O)OC[C@]1(C)C2CC[C@]3(C)C(CC=C4C5CC(C)(C)[C@@H](O)[C@H](O)[C@]5(COC(=O)C=C(C)C)[C@H](O)C[C@]43C)[C@@]2(C)CC[C@@H]1O. The Morgan fingerprint density at radius 1 is 0.854 bits per heavy atom. The van der Waals surface area contributed by atoms with Crippen LogP contribution in [0.25, 0.3) is 0 Å². The van der Waals surface area contributed by atoms with E-state index in [1.807, 2.05) is 34.6 Å². The summed E-state index contributed by atoms with van der Waals surface area (Å²) in [6, 6.07) is 0. The Bertz CT molecular complexity index is 1390. The van der Waals surface area contributed by atoms with Crippen molar-refractivity contribution < 1.29 is 39.5 Å². The number of hydrogen-bond donors (Lipinski definition) is 4. The van der Waals surface area contributed by atoms with Crippen LogP contribution in [0.4, 0.5) is 0 Å². The van der Waals surface area contributed by atoms with Gasteiger partial charge in [-0.2, -0.15) is 0 Å². The maximum atomic E-state index is 12.8. The molecule has 5 rings (SSSR count). The summed E-state index contributed by atoms with van der Waals surface area (Å²) >= 11 is 0. The second-order valence-corrected chi connectivity index (χ2v) is 18.2. The van der Waals surface area contributed by atoms with Crippen molar-refractivity contribution in [2.75, 3.05) is 13.2 Å². The number of carbonyl (C=O) groups excluding carboxylic acids is 2. The van der Waals surface area contributed by atoms with Gasteiger partial charge in [-0.05, 0) is 112 Å². The van der Waals surface area contributed by atoms with Gasteiger partial charge in [0.1, 0.15) is 6.61 Å². The van der Waals surface area contributed by atoms with Crippen molar-refractivity contribution in [1.82, 2.24) is 0 Å². The first kappa shape index (κ1) is 37.3. The van der Waals surface area contributed by atoms with E-state index < -0.39 is 52.0 Å². The van der Waals surface area contributed by atoms with Crippen molar-refractivity contribution in [3.05, 3.63) is 34.9 Å². The van der Waals surface area contributed by atoms with Crippen LogP contribution >= 0.6 is 0 Å². The van der Waals surface area contributed by atoms with E-state index in [4.69, 9.17) is 9.47 Å². The molecule has 0 bridgehead atoms. The fraction of sp³-hybridized carbons (Fsp3) is 0.800. The first-order valence-corrected chi connectivity index (χ1v) is 18.2. The van der Waals surface area contributed by atoms with Crippen LogP contribution in [0.5, 0.6) is 0 Å². The zero-order chi connectivity index (χ0) is 35.8. The Morgan fingerprint density at radius 2 is 1.52 bits per heavy atom. The number of allylic oxidation sites excluding steroid dienone is 4. The summed E-state index contributed by atoms with van der Waals surface area (Å²) in [4.78, 5) is 25.5. The lowest BCUT2D eigenvalue weighted by molar-refractivity contribution is -0.260. The van der Waals surface area contributed by atoms with Gasteiger partial charge in [-0.1, -0.05) is 64.8 Å². The molecule has 8 nitrogen and oxygen atoms in total. The molecule has 4 saturated carbocycles. The second kappa shape index (κ2) is 12.3. The molecule has 270 valence electrons. The first-order valence-electron chi connectivity index (χ1n) is 18.2. The van der Waals surface area contributed by atoms with Crippen molar-refractivity contribution >= 4 is 11.9 Å². The Balaban J connectivity index is 1.55. The number of aliphatic hydroxyl groups is 4. The predicted molar refractivity (Wildman–Crippen MR) is 184 cm³/mol. The van der Waals surface area contributed by atoms with Gasteiger partial charge in [0.15, 0.2) is 0 Å². The quantitative estimate of drug-likeness (QED) is 0.152. The third-order valence-electron chi connectivity index (χ3n) is 15.1. The van der Waals surface area contributed by atoms with Gasteiger partial charge in [0, 0.05) is 17.1 Å². The monoisotopic (exact) mass is 670 g/mol. The van der Waals surface area contributed by atoms with Crippen LogP contribution in [0.2, 0.25) is 0 Å². The average molecular weight is 671 g/mol. The number of esters is 2. The number of hydrogen-bond acceptors (Lipinski definition) is 8. The molecular weight excluding hydrogens is 608 g/mol. The molecule has 0 saturated heterocycles. The van der Waals surface area contributed by atoms with Crippen molar-refractivity contribution in [3.63, 3.8) is 0 Å². The smallest absolute Gasteiger partial charge is 0.333 e. The van der Waals surface area contributed by atoms with Crippen molar-refractivity contribution in [1.29, 1.82) is 0 Å². The predicted octanol–water partition coefficient (Wildman–Crippen LogP) is 6.06. The van der Waals surface area contributed by atoms with Gasteiger partial charge >= 0.3 is 11.9 Å². The average Bonchev–Trinajstić information content (AvgIpc) is 3.00. The van der Waals surface area contributed by atoms with E-state index in [1.165, 1.54) is 11.6 Å². The Labute approximate surface area is 288 Å². The van der Waals surface area contributed by atoms with E-state index in [0.29, 0.717) is 24.8 Å². The maximum absolute atomic E-state index is 12.8. The van der Waals surface area contributed by atoms with E-state index >= 15 is 0 Å². The molecule has 5 aliphatic carbocycles. The Hall–Kier alpha value is -2.00. The molecular formula is C40H62O8. The fourth-order valence-corrected chi connectivity index (χ4v) is 11.8. The molecule has 4 fully saturated rings. The summed E-state index contributed by atoms with van der Waals surface area (Å²) in [5.41, 5.74) is -0.653. The minimum Gasteiger partial charge on any atom is -0.462 e. The van der Waals surface area contributed by atoms with Gasteiger partial charge in [-0.15, -0.1) is 0 Å². The fourth-order valence-electron chi connectivity index (χ4n) is 11.8. The molecule has 0 radical (unpaired) electrons. The van der Waals surface area contributed by atoms with Gasteiger partial charge in [-0.3, -0.25) is 0 Å². The molecule has 0 aliphatic heterocycles. The highest BCUT2D eigenvalue weighted by atomic mass is 16.5. The highest BCUT2D eigenvalue weighted by Crippen LogP contribution is 2.75. The lowest BCUT2D eigenvalue weighted by Gasteiger charge is -2.72. The molecule has 0 heterocycles. The molecule has 5 aliphatic rings. The largest absolute Gasteiger partial charge is 0.462 e. The Kier molecular flexibility index (Phi) is 9.58. The molecule has 8 heteroatoms. The summed E-state index contributed by atoms with van der Waals surface area (Å²) in [6.07, 6.45) is 6.56. The third-order valence-corrected chi connectivity index (χ3v) is 15.1. The second-order valence-electron chi connectivity index (χ2n) is 18.2. The summed E-state index contributed by atoms with van der Waals surface area (Å²) < 4.78 is 11.7. The molecule has 0 spiro atoms. The molecule has 0 aromatic heterocycles. The summed E-state index contributed by atoms with van der Waals surface area (Å²) in [7, 11) is 0. The van der Waals surface area contributed by atoms with Crippen molar-refractivity contribution in [2.45, 2.75) is 139 Å². The minimum absolute atomic E-state index is 0.136. The zero-order valence-corrected chi connectivity index (χ0v) is 31.1. The summed E-state index contributed by atoms with van der Waals surface area (Å²) in [6.45, 7) is 20.3. The number of carbonyl (C=O) groups is 2. The van der Waals surface area contributed by atoms with E-state index in [2.05, 4.69) is 33.8 Å².